The van der Waals surface area contributed by atoms with Crippen molar-refractivity contribution in [3.8, 4) is 0 Å². The Kier molecular flexibility index (Phi) is 9.77. The first-order chi connectivity index (χ1) is 15.4. The largest absolute Gasteiger partial charge is 0.383 e. The molecule has 0 aliphatic carbocycles. The maximum absolute atomic E-state index is 6.06. The molecule has 8 N–H and O–H groups in total. The number of nitrogens with zero attached hydrogens (tertiary/aromatic N) is 3. The van der Waals surface area contributed by atoms with Crippen LogP contribution < -0.4 is 27.8 Å². The third-order valence-electron chi connectivity index (χ3n) is 4.48. The highest BCUT2D eigenvalue weighted by Crippen LogP contribution is 2.14. The van der Waals surface area contributed by atoms with Crippen LogP contribution in [0.4, 0.5) is 5.69 Å². The van der Waals surface area contributed by atoms with Crippen LogP contribution >= 0.6 is 0 Å². The lowest BCUT2D eigenvalue weighted by molar-refractivity contribution is 0.695. The summed E-state index contributed by atoms with van der Waals surface area (Å²) < 4.78 is 0. The molecule has 2 rings (SSSR count). The summed E-state index contributed by atoms with van der Waals surface area (Å²) in [5, 5.41) is 6.66. The maximum Gasteiger partial charge on any atom is 0.225 e. The van der Waals surface area contributed by atoms with Gasteiger partial charge in [-0.05, 0) is 43.5 Å². The first-order valence-corrected chi connectivity index (χ1v) is 10.8. The Bertz CT molecular complexity index is 990. The molecule has 0 radical (unpaired) electrons. The van der Waals surface area contributed by atoms with E-state index in [1.165, 1.54) is 16.7 Å². The standard InChI is InChI=1S/C24H34N8/c1-4-9-18-13-12-17(3)14-19(18)16-29-22(28-5-2)15-21(25)31-24(27)32-23(26)30-20-10-7-6-8-11-20/h6-8,10-15,28-29H,4-5,9,16H2,1-3H3,(H6,25,26,27,30,31,32). The predicted octanol–water partition coefficient (Wildman–Crippen LogP) is 2.81. The number of hydrogen-bond donors (Lipinski definition) is 5. The van der Waals surface area contributed by atoms with Gasteiger partial charge in [-0.2, -0.15) is 9.98 Å². The molecular weight excluding hydrogens is 400 g/mol. The van der Waals surface area contributed by atoms with Crippen LogP contribution in [0.1, 0.15) is 37.0 Å². The van der Waals surface area contributed by atoms with Crippen LogP contribution in [0, 0.1) is 6.92 Å². The van der Waals surface area contributed by atoms with Gasteiger partial charge in [0.25, 0.3) is 0 Å². The SMILES string of the molecule is CCCc1ccc(C)cc1CNC(=CC(N)=NC(N)=NC(N)=Nc1ccccc1)NCC. The number of aryl methyl sites for hydroxylation is 2. The summed E-state index contributed by atoms with van der Waals surface area (Å²) in [6.45, 7) is 7.68. The third kappa shape index (κ3) is 8.51. The summed E-state index contributed by atoms with van der Waals surface area (Å²) >= 11 is 0. The van der Waals surface area contributed by atoms with Crippen molar-refractivity contribution in [1.82, 2.24) is 10.6 Å². The fourth-order valence-corrected chi connectivity index (χ4v) is 3.09. The Balaban J connectivity index is 2.12. The maximum atomic E-state index is 6.06. The lowest BCUT2D eigenvalue weighted by Crippen LogP contribution is -2.29. The van der Waals surface area contributed by atoms with Crippen molar-refractivity contribution >= 4 is 23.4 Å². The molecule has 0 aliphatic rings. The minimum absolute atomic E-state index is 0.00200. The predicted molar refractivity (Wildman–Crippen MR) is 135 cm³/mol. The summed E-state index contributed by atoms with van der Waals surface area (Å²) in [6.07, 6.45) is 3.83. The minimum atomic E-state index is -0.0734. The lowest BCUT2D eigenvalue weighted by atomic mass is 10.0. The molecule has 0 atom stereocenters. The molecule has 2 aromatic rings. The van der Waals surface area contributed by atoms with E-state index in [0.717, 1.165) is 25.2 Å². The number of rotatable bonds is 9. The van der Waals surface area contributed by atoms with Gasteiger partial charge < -0.3 is 27.8 Å². The quantitative estimate of drug-likeness (QED) is 0.305. The van der Waals surface area contributed by atoms with Crippen LogP contribution in [0.25, 0.3) is 0 Å². The average molecular weight is 435 g/mol. The Morgan fingerprint density at radius 1 is 0.906 bits per heavy atom. The van der Waals surface area contributed by atoms with Crippen LogP contribution in [0.3, 0.4) is 0 Å². The van der Waals surface area contributed by atoms with E-state index in [1.807, 2.05) is 37.3 Å². The molecule has 0 unspecified atom stereocenters. The Morgan fingerprint density at radius 2 is 1.66 bits per heavy atom. The molecule has 170 valence electrons. The number of benzene rings is 2. The van der Waals surface area contributed by atoms with Crippen molar-refractivity contribution in [3.05, 3.63) is 77.1 Å². The Labute approximate surface area is 190 Å². The third-order valence-corrected chi connectivity index (χ3v) is 4.48. The number of guanidine groups is 2. The second-order valence-electron chi connectivity index (χ2n) is 7.28. The van der Waals surface area contributed by atoms with E-state index in [9.17, 15) is 0 Å². The molecule has 0 bridgehead atoms. The molecule has 32 heavy (non-hydrogen) atoms. The van der Waals surface area contributed by atoms with Gasteiger partial charge in [0.05, 0.1) is 5.69 Å². The number of nitrogens with one attached hydrogen (secondary N) is 2. The second kappa shape index (κ2) is 12.8. The van der Waals surface area contributed by atoms with E-state index >= 15 is 0 Å². The highest BCUT2D eigenvalue weighted by atomic mass is 15.1. The van der Waals surface area contributed by atoms with E-state index in [4.69, 9.17) is 17.2 Å². The molecular formula is C24H34N8. The zero-order valence-corrected chi connectivity index (χ0v) is 19.1. The summed E-state index contributed by atoms with van der Waals surface area (Å²) in [5.74, 6) is 0.870. The fraction of sp³-hybridized carbons (Fsp3) is 0.292. The van der Waals surface area contributed by atoms with Crippen molar-refractivity contribution in [2.75, 3.05) is 6.54 Å². The molecule has 0 aliphatic heterocycles. The molecule has 2 aromatic carbocycles. The number of aliphatic imine (C=N–C) groups is 3. The van der Waals surface area contributed by atoms with E-state index in [1.54, 1.807) is 6.08 Å². The van der Waals surface area contributed by atoms with Crippen molar-refractivity contribution in [2.24, 2.45) is 32.2 Å². The topological polar surface area (TPSA) is 139 Å². The zero-order valence-electron chi connectivity index (χ0n) is 19.1. The van der Waals surface area contributed by atoms with Gasteiger partial charge in [-0.3, -0.25) is 0 Å². The van der Waals surface area contributed by atoms with Gasteiger partial charge in [0.1, 0.15) is 11.7 Å². The molecule has 0 aromatic heterocycles. The summed E-state index contributed by atoms with van der Waals surface area (Å²) in [5.41, 5.74) is 22.3. The van der Waals surface area contributed by atoms with Crippen LogP contribution in [-0.4, -0.2) is 24.3 Å². The van der Waals surface area contributed by atoms with Gasteiger partial charge in [-0.1, -0.05) is 55.3 Å². The van der Waals surface area contributed by atoms with Crippen LogP contribution in [-0.2, 0) is 13.0 Å². The summed E-state index contributed by atoms with van der Waals surface area (Å²) in [4.78, 5) is 12.3. The van der Waals surface area contributed by atoms with Gasteiger partial charge in [0.15, 0.2) is 0 Å². The fourth-order valence-electron chi connectivity index (χ4n) is 3.09. The van der Waals surface area contributed by atoms with Crippen molar-refractivity contribution in [2.45, 2.75) is 40.2 Å². The Hall–Kier alpha value is -3.81. The van der Waals surface area contributed by atoms with Gasteiger partial charge in [0.2, 0.25) is 11.9 Å². The number of hydrogen-bond acceptors (Lipinski definition) is 3. The van der Waals surface area contributed by atoms with Crippen LogP contribution in [0.2, 0.25) is 0 Å². The molecule has 0 saturated heterocycles. The molecule has 8 nitrogen and oxygen atoms in total. The Morgan fingerprint density at radius 3 is 2.34 bits per heavy atom. The highest BCUT2D eigenvalue weighted by molar-refractivity contribution is 6.04. The summed E-state index contributed by atoms with van der Waals surface area (Å²) in [6, 6.07) is 15.8. The van der Waals surface area contributed by atoms with Gasteiger partial charge >= 0.3 is 0 Å². The van der Waals surface area contributed by atoms with Crippen molar-refractivity contribution in [3.63, 3.8) is 0 Å². The zero-order chi connectivity index (χ0) is 23.3. The number of nitrogens with two attached hydrogens (primary N) is 3. The smallest absolute Gasteiger partial charge is 0.225 e. The first-order valence-electron chi connectivity index (χ1n) is 10.8. The van der Waals surface area contributed by atoms with E-state index in [2.05, 4.69) is 57.7 Å². The van der Waals surface area contributed by atoms with E-state index < -0.39 is 0 Å². The molecule has 0 fully saturated rings. The minimum Gasteiger partial charge on any atom is -0.383 e. The van der Waals surface area contributed by atoms with Gasteiger partial charge in [-0.15, -0.1) is 0 Å². The van der Waals surface area contributed by atoms with E-state index in [0.29, 0.717) is 12.2 Å². The van der Waals surface area contributed by atoms with Gasteiger partial charge in [-0.25, -0.2) is 4.99 Å². The van der Waals surface area contributed by atoms with Crippen LogP contribution in [0.5, 0.6) is 0 Å². The molecule has 0 spiro atoms. The molecule has 0 saturated carbocycles. The average Bonchev–Trinajstić information content (AvgIpc) is 2.74. The van der Waals surface area contributed by atoms with Crippen molar-refractivity contribution < 1.29 is 0 Å². The second-order valence-corrected chi connectivity index (χ2v) is 7.28. The molecule has 0 heterocycles. The highest BCUT2D eigenvalue weighted by Gasteiger charge is 2.04. The van der Waals surface area contributed by atoms with Gasteiger partial charge in [0, 0.05) is 19.2 Å². The summed E-state index contributed by atoms with van der Waals surface area (Å²) in [7, 11) is 0. The normalized spacial score (nSPS) is 13.2. The number of amidine groups is 1. The lowest BCUT2D eigenvalue weighted by Gasteiger charge is -2.15. The van der Waals surface area contributed by atoms with Crippen molar-refractivity contribution in [1.29, 1.82) is 0 Å². The van der Waals surface area contributed by atoms with E-state index in [-0.39, 0.29) is 17.8 Å². The number of para-hydroxylation sites is 1. The molecule has 8 heteroatoms. The first kappa shape index (κ1) is 24.5. The van der Waals surface area contributed by atoms with Crippen LogP contribution in [0.15, 0.2) is 75.4 Å². The monoisotopic (exact) mass is 434 g/mol. The molecule has 0 amide bonds.